The zero-order valence-corrected chi connectivity index (χ0v) is 27.5. The van der Waals surface area contributed by atoms with Crippen molar-refractivity contribution >= 4 is 22.3 Å². The molecule has 2 rings (SSSR count). The molecule has 2 aromatic carbocycles. The first kappa shape index (κ1) is 35.8. The first-order valence-electron chi connectivity index (χ1n) is 17.4. The number of fused-ring (bicyclic) bond motifs is 1. The Hall–Kier alpha value is -2.36. The van der Waals surface area contributed by atoms with E-state index in [1.807, 2.05) is 24.3 Å². The van der Waals surface area contributed by atoms with Crippen LogP contribution in [0.5, 0.6) is 11.5 Å². The van der Waals surface area contributed by atoms with Gasteiger partial charge in [0.1, 0.15) is 11.5 Å². The summed E-state index contributed by atoms with van der Waals surface area (Å²) in [5.41, 5.74) is 1.20. The fraction of sp³-hybridized carbons (Fsp3) is 0.684. The van der Waals surface area contributed by atoms with Gasteiger partial charge < -0.3 is 9.47 Å². The van der Waals surface area contributed by atoms with Crippen LogP contribution in [0, 0.1) is 0 Å². The maximum atomic E-state index is 12.3. The van der Waals surface area contributed by atoms with Gasteiger partial charge in [0.15, 0.2) is 11.6 Å². The summed E-state index contributed by atoms with van der Waals surface area (Å²) in [5, 5.41) is 1.69. The average molecular weight is 581 g/mol. The number of hydrogen-bond donors (Lipinski definition) is 0. The number of carbonyl (C=O) groups is 2. The second-order valence-electron chi connectivity index (χ2n) is 12.2. The third-order valence-corrected chi connectivity index (χ3v) is 8.30. The van der Waals surface area contributed by atoms with Crippen LogP contribution in [0.3, 0.4) is 0 Å². The van der Waals surface area contributed by atoms with Crippen LogP contribution in [0.2, 0.25) is 0 Å². The average Bonchev–Trinajstić information content (AvgIpc) is 2.98. The van der Waals surface area contributed by atoms with Gasteiger partial charge >= 0.3 is 0 Å². The Balaban J connectivity index is 1.95. The molecular weight excluding hydrogens is 520 g/mol. The molecule has 2 aromatic rings. The van der Waals surface area contributed by atoms with Gasteiger partial charge in [-0.25, -0.2) is 0 Å². The normalized spacial score (nSPS) is 11.2. The van der Waals surface area contributed by atoms with Crippen molar-refractivity contribution in [3.8, 4) is 11.5 Å². The number of unbranched alkanes of at least 4 members (excludes halogenated alkanes) is 18. The summed E-state index contributed by atoms with van der Waals surface area (Å²) >= 11 is 0. The molecule has 42 heavy (non-hydrogen) atoms. The first-order chi connectivity index (χ1) is 20.5. The Morgan fingerprint density at radius 1 is 0.476 bits per heavy atom. The van der Waals surface area contributed by atoms with Crippen molar-refractivity contribution in [2.45, 2.75) is 156 Å². The fourth-order valence-electron chi connectivity index (χ4n) is 5.61. The van der Waals surface area contributed by atoms with Crippen molar-refractivity contribution in [1.29, 1.82) is 0 Å². The van der Waals surface area contributed by atoms with E-state index in [2.05, 4.69) is 13.8 Å². The van der Waals surface area contributed by atoms with E-state index < -0.39 is 0 Å². The predicted octanol–water partition coefficient (Wildman–Crippen LogP) is 11.8. The van der Waals surface area contributed by atoms with E-state index in [1.54, 1.807) is 13.8 Å². The monoisotopic (exact) mass is 580 g/mol. The summed E-state index contributed by atoms with van der Waals surface area (Å²) in [7, 11) is 0. The van der Waals surface area contributed by atoms with Crippen molar-refractivity contribution in [3.63, 3.8) is 0 Å². The molecule has 0 aliphatic carbocycles. The second-order valence-corrected chi connectivity index (χ2v) is 12.2. The third-order valence-electron chi connectivity index (χ3n) is 8.30. The SMILES string of the molecule is CCCCCCCCCCCCOc1cc(C(C)=O)cc2cc(C(C)=O)cc(OCCCCCCCCCCCC)c12. The van der Waals surface area contributed by atoms with Gasteiger partial charge in [-0.15, -0.1) is 0 Å². The first-order valence-corrected chi connectivity index (χ1v) is 17.4. The highest BCUT2D eigenvalue weighted by Gasteiger charge is 2.16. The molecule has 0 aromatic heterocycles. The van der Waals surface area contributed by atoms with E-state index in [-0.39, 0.29) is 11.6 Å². The third kappa shape index (κ3) is 14.2. The zero-order valence-electron chi connectivity index (χ0n) is 27.5. The van der Waals surface area contributed by atoms with Gasteiger partial charge in [0.05, 0.1) is 18.6 Å². The van der Waals surface area contributed by atoms with Gasteiger partial charge in [-0.3, -0.25) is 9.59 Å². The lowest BCUT2D eigenvalue weighted by Gasteiger charge is -2.16. The highest BCUT2D eigenvalue weighted by Crippen LogP contribution is 2.37. The number of Topliss-reactive ketones (excluding diaryl/α,β-unsaturated/α-hetero) is 2. The number of rotatable bonds is 26. The maximum absolute atomic E-state index is 12.3. The molecule has 0 amide bonds. The van der Waals surface area contributed by atoms with Crippen LogP contribution in [-0.2, 0) is 0 Å². The Labute approximate surface area is 257 Å². The van der Waals surface area contributed by atoms with Crippen LogP contribution >= 0.6 is 0 Å². The molecule has 0 bridgehead atoms. The molecule has 0 heterocycles. The van der Waals surface area contributed by atoms with E-state index >= 15 is 0 Å². The summed E-state index contributed by atoms with van der Waals surface area (Å²) in [6, 6.07) is 7.43. The van der Waals surface area contributed by atoms with Gasteiger partial charge in [-0.2, -0.15) is 0 Å². The van der Waals surface area contributed by atoms with Crippen LogP contribution in [0.25, 0.3) is 10.8 Å². The maximum Gasteiger partial charge on any atom is 0.159 e. The number of ether oxygens (including phenoxy) is 2. The lowest BCUT2D eigenvalue weighted by atomic mass is 9.99. The van der Waals surface area contributed by atoms with Gasteiger partial charge in [0.2, 0.25) is 0 Å². The second kappa shape index (κ2) is 22.2. The van der Waals surface area contributed by atoms with Crippen LogP contribution in [0.1, 0.15) is 177 Å². The summed E-state index contributed by atoms with van der Waals surface area (Å²) in [6.45, 7) is 8.89. The van der Waals surface area contributed by atoms with E-state index in [9.17, 15) is 9.59 Å². The van der Waals surface area contributed by atoms with E-state index in [4.69, 9.17) is 9.47 Å². The standard InChI is InChI=1S/C38H60O4/c1-5-7-9-11-13-15-17-19-21-23-25-41-36-29-33(31(3)39)27-35-28-34(32(4)40)30-37(38(35)36)42-26-24-22-20-18-16-14-12-10-8-6-2/h27-30H,5-26H2,1-4H3. The summed E-state index contributed by atoms with van der Waals surface area (Å²) < 4.78 is 12.6. The Kier molecular flexibility index (Phi) is 19.0. The Morgan fingerprint density at radius 3 is 1.10 bits per heavy atom. The Bertz CT molecular complexity index is 962. The number of hydrogen-bond acceptors (Lipinski definition) is 4. The molecule has 4 heteroatoms. The minimum absolute atomic E-state index is 0.0123. The smallest absolute Gasteiger partial charge is 0.159 e. The molecule has 0 unspecified atom stereocenters. The van der Waals surface area contributed by atoms with Crippen LogP contribution in [0.15, 0.2) is 24.3 Å². The van der Waals surface area contributed by atoms with Gasteiger partial charge in [-0.05, 0) is 56.3 Å². The van der Waals surface area contributed by atoms with E-state index in [1.165, 1.54) is 103 Å². The predicted molar refractivity (Wildman–Crippen MR) is 179 cm³/mol. The summed E-state index contributed by atoms with van der Waals surface area (Å²) in [4.78, 5) is 24.7. The zero-order chi connectivity index (χ0) is 30.4. The Morgan fingerprint density at radius 2 is 0.786 bits per heavy atom. The van der Waals surface area contributed by atoms with Gasteiger partial charge in [0.25, 0.3) is 0 Å². The molecule has 0 N–H and O–H groups in total. The molecule has 0 fully saturated rings. The largest absolute Gasteiger partial charge is 0.493 e. The van der Waals surface area contributed by atoms with Gasteiger partial charge in [0, 0.05) is 11.1 Å². The molecule has 0 atom stereocenters. The van der Waals surface area contributed by atoms with Crippen molar-refractivity contribution in [3.05, 3.63) is 35.4 Å². The molecule has 0 saturated carbocycles. The van der Waals surface area contributed by atoms with E-state index in [0.717, 1.165) is 36.5 Å². The highest BCUT2D eigenvalue weighted by atomic mass is 16.5. The molecule has 0 aliphatic rings. The molecule has 4 nitrogen and oxygen atoms in total. The van der Waals surface area contributed by atoms with Crippen molar-refractivity contribution in [2.75, 3.05) is 13.2 Å². The topological polar surface area (TPSA) is 52.6 Å². The number of ketones is 2. The van der Waals surface area contributed by atoms with Crippen molar-refractivity contribution in [2.24, 2.45) is 0 Å². The molecule has 0 aliphatic heterocycles. The van der Waals surface area contributed by atoms with E-state index in [0.29, 0.717) is 35.8 Å². The minimum atomic E-state index is -0.0123. The van der Waals surface area contributed by atoms with Crippen LogP contribution < -0.4 is 9.47 Å². The van der Waals surface area contributed by atoms with Gasteiger partial charge in [-0.1, -0.05) is 129 Å². The minimum Gasteiger partial charge on any atom is -0.493 e. The lowest BCUT2D eigenvalue weighted by Crippen LogP contribution is -2.04. The number of benzene rings is 2. The quantitative estimate of drug-likeness (QED) is 0.0820. The summed E-state index contributed by atoms with van der Waals surface area (Å²) in [6.07, 6.45) is 25.5. The molecule has 0 radical (unpaired) electrons. The molecule has 0 saturated heterocycles. The van der Waals surface area contributed by atoms with Crippen LogP contribution in [-0.4, -0.2) is 24.8 Å². The van der Waals surface area contributed by atoms with Crippen molar-refractivity contribution < 1.29 is 19.1 Å². The van der Waals surface area contributed by atoms with Crippen LogP contribution in [0.4, 0.5) is 0 Å². The highest BCUT2D eigenvalue weighted by molar-refractivity contribution is 6.06. The molecule has 236 valence electrons. The summed E-state index contributed by atoms with van der Waals surface area (Å²) in [5.74, 6) is 1.34. The molecular formula is C38H60O4. The lowest BCUT2D eigenvalue weighted by molar-refractivity contribution is 0.100. The number of carbonyl (C=O) groups excluding carboxylic acids is 2. The fourth-order valence-corrected chi connectivity index (χ4v) is 5.61. The van der Waals surface area contributed by atoms with Crippen molar-refractivity contribution in [1.82, 2.24) is 0 Å². The molecule has 0 spiro atoms.